The summed E-state index contributed by atoms with van der Waals surface area (Å²) in [4.78, 5) is 0. The molecule has 2 rings (SSSR count). The van der Waals surface area contributed by atoms with Gasteiger partial charge in [0.1, 0.15) is 0 Å². The van der Waals surface area contributed by atoms with Crippen molar-refractivity contribution in [3.05, 3.63) is 57.5 Å². The maximum atomic E-state index is 6.33. The molecule has 0 amide bonds. The topological polar surface area (TPSA) is 12.0 Å². The van der Waals surface area contributed by atoms with E-state index in [1.165, 1.54) is 5.56 Å². The first-order valence-corrected chi connectivity index (χ1v) is 7.01. The second-order valence-corrected chi connectivity index (χ2v) is 5.58. The third-order valence-electron chi connectivity index (χ3n) is 3.08. The summed E-state index contributed by atoms with van der Waals surface area (Å²) < 4.78 is 1.08. The summed E-state index contributed by atoms with van der Waals surface area (Å²) in [6.07, 6.45) is 0. The molecule has 94 valence electrons. The van der Waals surface area contributed by atoms with Crippen LogP contribution in [0.2, 0.25) is 5.02 Å². The van der Waals surface area contributed by atoms with Crippen molar-refractivity contribution in [3.63, 3.8) is 0 Å². The average molecular weight is 325 g/mol. The highest BCUT2D eigenvalue weighted by molar-refractivity contribution is 9.10. The van der Waals surface area contributed by atoms with E-state index in [9.17, 15) is 0 Å². The molecule has 0 aliphatic heterocycles. The molecule has 0 radical (unpaired) electrons. The Bertz CT molecular complexity index is 537. The quantitative estimate of drug-likeness (QED) is 0.833. The van der Waals surface area contributed by atoms with Crippen LogP contribution in [0.5, 0.6) is 0 Å². The Kier molecular flexibility index (Phi) is 4.44. The predicted molar refractivity (Wildman–Crippen MR) is 82.1 cm³/mol. The standard InChI is InChI=1S/C15H15BrClN/c1-10(18-2)14-8-5-12(9-15(14)17)11-3-6-13(16)7-4-11/h3-10,18H,1-2H3. The van der Waals surface area contributed by atoms with Gasteiger partial charge in [0.2, 0.25) is 0 Å². The molecule has 1 N–H and O–H groups in total. The molecule has 1 nitrogen and oxygen atoms in total. The van der Waals surface area contributed by atoms with Crippen molar-refractivity contribution in [2.75, 3.05) is 7.05 Å². The van der Waals surface area contributed by atoms with Gasteiger partial charge in [-0.15, -0.1) is 0 Å². The third kappa shape index (κ3) is 2.94. The lowest BCUT2D eigenvalue weighted by molar-refractivity contribution is 0.652. The van der Waals surface area contributed by atoms with Crippen molar-refractivity contribution in [1.29, 1.82) is 0 Å². The van der Waals surface area contributed by atoms with Crippen molar-refractivity contribution in [3.8, 4) is 11.1 Å². The van der Waals surface area contributed by atoms with Gasteiger partial charge in [0, 0.05) is 15.5 Å². The number of halogens is 2. The zero-order chi connectivity index (χ0) is 13.1. The Morgan fingerprint density at radius 1 is 1.06 bits per heavy atom. The molecule has 0 bridgehead atoms. The van der Waals surface area contributed by atoms with E-state index in [-0.39, 0.29) is 6.04 Å². The second-order valence-electron chi connectivity index (χ2n) is 4.25. The first-order valence-electron chi connectivity index (χ1n) is 5.84. The summed E-state index contributed by atoms with van der Waals surface area (Å²) in [5, 5.41) is 4.00. The number of rotatable bonds is 3. The number of hydrogen-bond donors (Lipinski definition) is 1. The summed E-state index contributed by atoms with van der Waals surface area (Å²) in [6.45, 7) is 2.10. The van der Waals surface area contributed by atoms with Gasteiger partial charge in [0.05, 0.1) is 0 Å². The van der Waals surface area contributed by atoms with Crippen LogP contribution in [0.25, 0.3) is 11.1 Å². The van der Waals surface area contributed by atoms with Gasteiger partial charge in [-0.2, -0.15) is 0 Å². The van der Waals surface area contributed by atoms with Crippen molar-refractivity contribution in [2.24, 2.45) is 0 Å². The van der Waals surface area contributed by atoms with E-state index < -0.39 is 0 Å². The fraction of sp³-hybridized carbons (Fsp3) is 0.200. The fourth-order valence-electron chi connectivity index (χ4n) is 1.86. The predicted octanol–water partition coefficient (Wildman–Crippen LogP) is 5.05. The number of hydrogen-bond acceptors (Lipinski definition) is 1. The van der Waals surface area contributed by atoms with Crippen LogP contribution in [0, 0.1) is 0 Å². The van der Waals surface area contributed by atoms with Crippen LogP contribution in [0.15, 0.2) is 46.9 Å². The van der Waals surface area contributed by atoms with Crippen LogP contribution >= 0.6 is 27.5 Å². The van der Waals surface area contributed by atoms with Crippen LogP contribution in [-0.4, -0.2) is 7.05 Å². The van der Waals surface area contributed by atoms with E-state index in [1.807, 2.05) is 25.2 Å². The molecule has 0 aromatic heterocycles. The van der Waals surface area contributed by atoms with Gasteiger partial charge in [-0.3, -0.25) is 0 Å². The first kappa shape index (κ1) is 13.6. The maximum absolute atomic E-state index is 6.33. The molecule has 0 fully saturated rings. The Morgan fingerprint density at radius 3 is 2.22 bits per heavy atom. The molecular weight excluding hydrogens is 310 g/mol. The highest BCUT2D eigenvalue weighted by atomic mass is 79.9. The van der Waals surface area contributed by atoms with E-state index in [4.69, 9.17) is 11.6 Å². The molecule has 1 atom stereocenters. The summed E-state index contributed by atoms with van der Waals surface area (Å²) >= 11 is 9.77. The third-order valence-corrected chi connectivity index (χ3v) is 3.93. The zero-order valence-corrected chi connectivity index (χ0v) is 12.7. The monoisotopic (exact) mass is 323 g/mol. The molecule has 3 heteroatoms. The van der Waals surface area contributed by atoms with Gasteiger partial charge in [-0.1, -0.05) is 51.8 Å². The van der Waals surface area contributed by atoms with E-state index in [2.05, 4.69) is 52.4 Å². The average Bonchev–Trinajstić information content (AvgIpc) is 2.38. The summed E-state index contributed by atoms with van der Waals surface area (Å²) in [7, 11) is 1.93. The lowest BCUT2D eigenvalue weighted by Crippen LogP contribution is -2.12. The maximum Gasteiger partial charge on any atom is 0.0459 e. The summed E-state index contributed by atoms with van der Waals surface area (Å²) in [5.41, 5.74) is 3.43. The Labute approximate surface area is 121 Å². The highest BCUT2D eigenvalue weighted by Gasteiger charge is 2.08. The molecule has 0 saturated heterocycles. The summed E-state index contributed by atoms with van der Waals surface area (Å²) in [6, 6.07) is 14.7. The molecule has 1 unspecified atom stereocenters. The van der Waals surface area contributed by atoms with Crippen molar-refractivity contribution < 1.29 is 0 Å². The SMILES string of the molecule is CNC(C)c1ccc(-c2ccc(Br)cc2)cc1Cl. The Balaban J connectivity index is 2.37. The van der Waals surface area contributed by atoms with Crippen LogP contribution in [0.3, 0.4) is 0 Å². The Morgan fingerprint density at radius 2 is 1.67 bits per heavy atom. The van der Waals surface area contributed by atoms with E-state index in [0.717, 1.165) is 20.6 Å². The fourth-order valence-corrected chi connectivity index (χ4v) is 2.46. The summed E-state index contributed by atoms with van der Waals surface area (Å²) in [5.74, 6) is 0. The molecular formula is C15H15BrClN. The smallest absolute Gasteiger partial charge is 0.0459 e. The van der Waals surface area contributed by atoms with E-state index >= 15 is 0 Å². The molecule has 0 spiro atoms. The molecule has 2 aromatic rings. The van der Waals surface area contributed by atoms with Crippen molar-refractivity contribution >= 4 is 27.5 Å². The van der Waals surface area contributed by atoms with Gasteiger partial charge in [-0.25, -0.2) is 0 Å². The van der Waals surface area contributed by atoms with Crippen LogP contribution < -0.4 is 5.32 Å². The lowest BCUT2D eigenvalue weighted by Gasteiger charge is -2.13. The highest BCUT2D eigenvalue weighted by Crippen LogP contribution is 2.29. The molecule has 2 aromatic carbocycles. The van der Waals surface area contributed by atoms with Gasteiger partial charge in [0.25, 0.3) is 0 Å². The van der Waals surface area contributed by atoms with Gasteiger partial charge in [-0.05, 0) is 48.9 Å². The van der Waals surface area contributed by atoms with Crippen LogP contribution in [0.1, 0.15) is 18.5 Å². The minimum atomic E-state index is 0.261. The second kappa shape index (κ2) is 5.87. The minimum absolute atomic E-state index is 0.261. The van der Waals surface area contributed by atoms with E-state index in [1.54, 1.807) is 0 Å². The minimum Gasteiger partial charge on any atom is -0.313 e. The molecule has 18 heavy (non-hydrogen) atoms. The van der Waals surface area contributed by atoms with Gasteiger partial charge < -0.3 is 5.32 Å². The van der Waals surface area contributed by atoms with Gasteiger partial charge in [0.15, 0.2) is 0 Å². The van der Waals surface area contributed by atoms with Crippen LogP contribution in [0.4, 0.5) is 0 Å². The first-order chi connectivity index (χ1) is 8.61. The molecule has 0 saturated carbocycles. The van der Waals surface area contributed by atoms with E-state index in [0.29, 0.717) is 0 Å². The zero-order valence-electron chi connectivity index (χ0n) is 10.4. The molecule has 0 aliphatic rings. The lowest BCUT2D eigenvalue weighted by atomic mass is 10.0. The normalized spacial score (nSPS) is 12.4. The number of nitrogens with one attached hydrogen (secondary N) is 1. The largest absolute Gasteiger partial charge is 0.313 e. The number of benzene rings is 2. The molecule has 0 heterocycles. The van der Waals surface area contributed by atoms with Crippen LogP contribution in [-0.2, 0) is 0 Å². The molecule has 0 aliphatic carbocycles. The van der Waals surface area contributed by atoms with Crippen molar-refractivity contribution in [1.82, 2.24) is 5.32 Å². The Hall–Kier alpha value is -0.830. The van der Waals surface area contributed by atoms with Gasteiger partial charge >= 0.3 is 0 Å². The van der Waals surface area contributed by atoms with Crippen molar-refractivity contribution in [2.45, 2.75) is 13.0 Å².